The monoisotopic (exact) mass is 614 g/mol. The van der Waals surface area contributed by atoms with Gasteiger partial charge in [-0.3, -0.25) is 0 Å². The number of hydrogen-bond acceptors (Lipinski definition) is 0. The van der Waals surface area contributed by atoms with Crippen molar-refractivity contribution in [2.45, 2.75) is 26.2 Å². The van der Waals surface area contributed by atoms with Crippen molar-refractivity contribution in [1.29, 1.82) is 0 Å². The third-order valence-corrected chi connectivity index (χ3v) is 10.1. The van der Waals surface area contributed by atoms with Crippen LogP contribution >= 0.6 is 0 Å². The summed E-state index contributed by atoms with van der Waals surface area (Å²) in [4.78, 5) is 0. The van der Waals surface area contributed by atoms with Gasteiger partial charge in [0.25, 0.3) is 0 Å². The fourth-order valence-corrected chi connectivity index (χ4v) is 7.99. The Bertz CT molecular complexity index is 2440. The molecule has 0 aliphatic heterocycles. The molecule has 0 spiro atoms. The molecule has 8 aromatic carbocycles. The van der Waals surface area contributed by atoms with Gasteiger partial charge in [0, 0.05) is 5.41 Å². The smallest absolute Gasteiger partial charge is 0.0159 e. The summed E-state index contributed by atoms with van der Waals surface area (Å²) in [6.07, 6.45) is 1.75. The Kier molecular flexibility index (Phi) is 7.30. The highest BCUT2D eigenvalue weighted by Gasteiger charge is 2.33. The van der Waals surface area contributed by atoms with Gasteiger partial charge < -0.3 is 0 Å². The van der Waals surface area contributed by atoms with Gasteiger partial charge in [-0.1, -0.05) is 172 Å². The van der Waals surface area contributed by atoms with Crippen LogP contribution in [0.25, 0.3) is 76.8 Å². The lowest BCUT2D eigenvalue weighted by Gasteiger charge is -2.35. The molecule has 0 bridgehead atoms. The van der Waals surface area contributed by atoms with Gasteiger partial charge in [-0.2, -0.15) is 0 Å². The maximum absolute atomic E-state index is 3.36. The van der Waals surface area contributed by atoms with Crippen molar-refractivity contribution in [3.8, 4) is 44.5 Å². The third kappa shape index (κ3) is 4.60. The van der Waals surface area contributed by atoms with Gasteiger partial charge in [-0.15, -0.1) is 6.58 Å². The molecular formula is C48H38. The van der Waals surface area contributed by atoms with Gasteiger partial charge >= 0.3 is 0 Å². The normalized spacial score (nSPS) is 12.7. The Hall–Kier alpha value is -5.72. The molecule has 0 saturated heterocycles. The molecule has 48 heavy (non-hydrogen) atoms. The van der Waals surface area contributed by atoms with Crippen molar-refractivity contribution < 1.29 is 0 Å². The molecule has 8 aromatic rings. The molecule has 0 nitrogen and oxygen atoms in total. The highest BCUT2D eigenvalue weighted by Crippen LogP contribution is 2.52. The molecule has 1 aliphatic carbocycles. The van der Waals surface area contributed by atoms with Gasteiger partial charge in [0.2, 0.25) is 0 Å². The first kappa shape index (κ1) is 29.7. The summed E-state index contributed by atoms with van der Waals surface area (Å²) in [5.41, 5.74) is 13.0. The molecule has 0 heteroatoms. The number of rotatable bonds is 3. The minimum Gasteiger partial charge on any atom is -0.103 e. The molecule has 1 aliphatic rings. The van der Waals surface area contributed by atoms with E-state index in [0.29, 0.717) is 0 Å². The Morgan fingerprint density at radius 3 is 1.58 bits per heavy atom. The van der Waals surface area contributed by atoms with E-state index in [2.05, 4.69) is 178 Å². The molecule has 0 amide bonds. The second-order valence-electron chi connectivity index (χ2n) is 13.3. The van der Waals surface area contributed by atoms with Gasteiger partial charge in [0.05, 0.1) is 0 Å². The molecule has 0 aromatic heterocycles. The average molecular weight is 615 g/mol. The summed E-state index contributed by atoms with van der Waals surface area (Å²) in [5, 5.41) is 7.83. The summed E-state index contributed by atoms with van der Waals surface area (Å²) in [6.45, 7) is 10.00. The zero-order valence-electron chi connectivity index (χ0n) is 27.8. The van der Waals surface area contributed by atoms with E-state index in [-0.39, 0.29) is 5.41 Å². The number of hydrogen-bond donors (Lipinski definition) is 0. The van der Waals surface area contributed by atoms with E-state index >= 15 is 0 Å². The average Bonchev–Trinajstić information content (AvgIpc) is 3.13. The van der Waals surface area contributed by atoms with Crippen LogP contribution in [0, 0.1) is 0 Å². The van der Waals surface area contributed by atoms with Gasteiger partial charge in [0.15, 0.2) is 0 Å². The molecule has 0 unspecified atom stereocenters. The fraction of sp³-hybridized carbons (Fsp3) is 0.0833. The zero-order valence-corrected chi connectivity index (χ0v) is 27.8. The highest BCUT2D eigenvalue weighted by molar-refractivity contribution is 6.24. The molecule has 0 N–H and O–H groups in total. The van der Waals surface area contributed by atoms with E-state index in [1.54, 1.807) is 6.08 Å². The lowest BCUT2D eigenvalue weighted by atomic mass is 9.68. The number of allylic oxidation sites excluding steroid dienone is 1. The minimum absolute atomic E-state index is 0.0838. The van der Waals surface area contributed by atoms with Crippen LogP contribution in [0.4, 0.5) is 0 Å². The highest BCUT2D eigenvalue weighted by atomic mass is 14.4. The van der Waals surface area contributed by atoms with Crippen molar-refractivity contribution in [3.63, 3.8) is 0 Å². The van der Waals surface area contributed by atoms with E-state index < -0.39 is 0 Å². The first-order valence-electron chi connectivity index (χ1n) is 16.9. The van der Waals surface area contributed by atoms with Crippen molar-refractivity contribution in [1.82, 2.24) is 0 Å². The molecule has 0 heterocycles. The lowest BCUT2D eigenvalue weighted by Crippen LogP contribution is -2.23. The van der Waals surface area contributed by atoms with Gasteiger partial charge in [-0.05, 0) is 101 Å². The van der Waals surface area contributed by atoms with Gasteiger partial charge in [0.1, 0.15) is 0 Å². The Morgan fingerprint density at radius 2 is 0.896 bits per heavy atom. The van der Waals surface area contributed by atoms with Crippen LogP contribution in [-0.2, 0) is 5.41 Å². The Balaban J connectivity index is 0.00000108. The second kappa shape index (κ2) is 11.8. The molecule has 0 saturated carbocycles. The second-order valence-corrected chi connectivity index (χ2v) is 13.3. The third-order valence-electron chi connectivity index (χ3n) is 10.1. The van der Waals surface area contributed by atoms with E-state index in [1.165, 1.54) is 88.0 Å². The molecule has 9 rings (SSSR count). The maximum Gasteiger partial charge on any atom is 0.0159 e. The SMILES string of the molecule is C=CC.CC1(C)c2ccccc2-c2ccc(-c3c4ccccc4c(-c4cccc(-c5ccccc5)c4)c4ccccc34)c3cccc1c23. The van der Waals surface area contributed by atoms with E-state index in [4.69, 9.17) is 0 Å². The Labute approximate surface area is 283 Å². The summed E-state index contributed by atoms with van der Waals surface area (Å²) in [5.74, 6) is 0. The van der Waals surface area contributed by atoms with Crippen LogP contribution < -0.4 is 0 Å². The van der Waals surface area contributed by atoms with E-state index in [1.807, 2.05) is 6.92 Å². The van der Waals surface area contributed by atoms with Crippen LogP contribution in [0.5, 0.6) is 0 Å². The predicted molar refractivity (Wildman–Crippen MR) is 209 cm³/mol. The summed E-state index contributed by atoms with van der Waals surface area (Å²) in [7, 11) is 0. The molecule has 0 atom stereocenters. The van der Waals surface area contributed by atoms with Crippen LogP contribution in [0.15, 0.2) is 170 Å². The summed E-state index contributed by atoms with van der Waals surface area (Å²) < 4.78 is 0. The Morgan fingerprint density at radius 1 is 0.417 bits per heavy atom. The summed E-state index contributed by atoms with van der Waals surface area (Å²) >= 11 is 0. The number of benzene rings is 8. The quantitative estimate of drug-likeness (QED) is 0.137. The standard InChI is InChI=1S/C45H32.C3H6/c1-45(2)40-24-11-10-18-32(40)38-26-27-39(37-23-13-25-41(45)44(37)38)43-35-21-8-6-19-33(35)42(34-20-7-9-22-36(34)43)31-17-12-16-30(28-31)29-14-4-3-5-15-29;1-3-2/h3-28H,1-2H3;3H,1H2,2H3. The zero-order chi connectivity index (χ0) is 32.8. The molecule has 0 radical (unpaired) electrons. The van der Waals surface area contributed by atoms with Crippen LogP contribution in [-0.4, -0.2) is 0 Å². The van der Waals surface area contributed by atoms with Crippen LogP contribution in [0.2, 0.25) is 0 Å². The van der Waals surface area contributed by atoms with Crippen molar-refractivity contribution in [3.05, 3.63) is 182 Å². The fourth-order valence-electron chi connectivity index (χ4n) is 7.99. The van der Waals surface area contributed by atoms with E-state index in [9.17, 15) is 0 Å². The van der Waals surface area contributed by atoms with Crippen molar-refractivity contribution >= 4 is 32.3 Å². The lowest BCUT2D eigenvalue weighted by molar-refractivity contribution is 0.645. The number of fused-ring (bicyclic) bond motifs is 4. The minimum atomic E-state index is -0.0838. The molecular weight excluding hydrogens is 577 g/mol. The topological polar surface area (TPSA) is 0 Å². The molecule has 230 valence electrons. The largest absolute Gasteiger partial charge is 0.103 e. The first-order valence-corrected chi connectivity index (χ1v) is 16.9. The van der Waals surface area contributed by atoms with Crippen molar-refractivity contribution in [2.24, 2.45) is 0 Å². The van der Waals surface area contributed by atoms with E-state index in [0.717, 1.165) is 0 Å². The van der Waals surface area contributed by atoms with Gasteiger partial charge in [-0.25, -0.2) is 0 Å². The first-order chi connectivity index (χ1) is 23.5. The summed E-state index contributed by atoms with van der Waals surface area (Å²) in [6, 6.07) is 58.3. The van der Waals surface area contributed by atoms with Crippen LogP contribution in [0.3, 0.4) is 0 Å². The van der Waals surface area contributed by atoms with Crippen molar-refractivity contribution in [2.75, 3.05) is 0 Å². The predicted octanol–water partition coefficient (Wildman–Crippen LogP) is 13.6. The van der Waals surface area contributed by atoms with Crippen LogP contribution in [0.1, 0.15) is 31.9 Å². The maximum atomic E-state index is 3.36. The molecule has 0 fully saturated rings.